The monoisotopic (exact) mass is 486 g/mol. The Labute approximate surface area is 199 Å². The van der Waals surface area contributed by atoms with Gasteiger partial charge < -0.3 is 14.8 Å². The molecule has 0 spiro atoms. The van der Waals surface area contributed by atoms with Gasteiger partial charge in [0, 0.05) is 5.56 Å². The molecular weight excluding hydrogens is 459 g/mol. The smallest absolute Gasteiger partial charge is 0.258 e. The second-order valence-corrected chi connectivity index (χ2v) is 9.61. The molecule has 1 atom stereocenters. The summed E-state index contributed by atoms with van der Waals surface area (Å²) in [5.41, 5.74) is 1.54. The minimum atomic E-state index is -3.66. The second kappa shape index (κ2) is 11.0. The van der Waals surface area contributed by atoms with Gasteiger partial charge in [-0.2, -0.15) is 0 Å². The van der Waals surface area contributed by atoms with Gasteiger partial charge in [0.2, 0.25) is 10.0 Å². The Morgan fingerprint density at radius 2 is 1.62 bits per heavy atom. The highest BCUT2D eigenvalue weighted by atomic mass is 32.2. The minimum Gasteiger partial charge on any atom is -0.497 e. The number of hydrogen-bond donors (Lipinski definition) is 1. The van der Waals surface area contributed by atoms with E-state index in [2.05, 4.69) is 5.32 Å². The van der Waals surface area contributed by atoms with Crippen molar-refractivity contribution in [2.24, 2.45) is 0 Å². The number of anilines is 1. The third-order valence-electron chi connectivity index (χ3n) is 5.16. The van der Waals surface area contributed by atoms with Gasteiger partial charge in [0.25, 0.3) is 5.91 Å². The molecule has 0 aliphatic heterocycles. The van der Waals surface area contributed by atoms with Crippen LogP contribution in [0.2, 0.25) is 0 Å². The summed E-state index contributed by atoms with van der Waals surface area (Å²) in [5.74, 6) is 0.350. The Morgan fingerprint density at radius 3 is 2.21 bits per heavy atom. The van der Waals surface area contributed by atoms with Gasteiger partial charge in [0.05, 0.1) is 31.6 Å². The molecule has 0 aliphatic carbocycles. The van der Waals surface area contributed by atoms with Crippen LogP contribution in [-0.4, -0.2) is 34.3 Å². The van der Waals surface area contributed by atoms with E-state index in [0.717, 1.165) is 21.9 Å². The predicted octanol–water partition coefficient (Wildman–Crippen LogP) is 4.06. The summed E-state index contributed by atoms with van der Waals surface area (Å²) in [7, 11) is -2.07. The molecule has 0 unspecified atom stereocenters. The van der Waals surface area contributed by atoms with E-state index < -0.39 is 15.8 Å². The molecule has 0 aromatic heterocycles. The molecule has 0 radical (unpaired) electrons. The molecule has 3 aromatic carbocycles. The lowest BCUT2D eigenvalue weighted by Gasteiger charge is -2.23. The van der Waals surface area contributed by atoms with Crippen molar-refractivity contribution in [1.29, 1.82) is 0 Å². The molecular formula is C25H27FN2O5S. The van der Waals surface area contributed by atoms with Gasteiger partial charge in [-0.25, -0.2) is 12.8 Å². The highest BCUT2D eigenvalue weighted by Crippen LogP contribution is 2.24. The molecule has 7 nitrogen and oxygen atoms in total. The first-order chi connectivity index (χ1) is 16.2. The lowest BCUT2D eigenvalue weighted by atomic mass is 10.1. The zero-order valence-corrected chi connectivity index (χ0v) is 20.0. The van der Waals surface area contributed by atoms with Gasteiger partial charge in [-0.3, -0.25) is 9.10 Å². The number of amides is 1. The Hall–Kier alpha value is -3.59. The zero-order chi connectivity index (χ0) is 24.7. The maximum atomic E-state index is 14.0. The first-order valence-corrected chi connectivity index (χ1v) is 12.4. The van der Waals surface area contributed by atoms with Gasteiger partial charge in [-0.1, -0.05) is 30.3 Å². The Balaban J connectivity index is 1.60. The summed E-state index contributed by atoms with van der Waals surface area (Å²) in [4.78, 5) is 12.3. The fourth-order valence-corrected chi connectivity index (χ4v) is 4.18. The van der Waals surface area contributed by atoms with Crippen molar-refractivity contribution >= 4 is 21.6 Å². The molecule has 180 valence electrons. The van der Waals surface area contributed by atoms with Crippen LogP contribution >= 0.6 is 0 Å². The molecule has 0 aliphatic rings. The van der Waals surface area contributed by atoms with Gasteiger partial charge in [-0.05, 0) is 55.0 Å². The normalized spacial score (nSPS) is 12.0. The van der Waals surface area contributed by atoms with Crippen LogP contribution in [0.25, 0.3) is 0 Å². The number of carbonyl (C=O) groups excluding carboxylic acids is 1. The summed E-state index contributed by atoms with van der Waals surface area (Å²) >= 11 is 0. The molecule has 0 saturated carbocycles. The summed E-state index contributed by atoms with van der Waals surface area (Å²) < 4.78 is 50.5. The van der Waals surface area contributed by atoms with Crippen molar-refractivity contribution in [3.05, 3.63) is 89.7 Å². The van der Waals surface area contributed by atoms with Crippen LogP contribution in [0.1, 0.15) is 24.1 Å². The Kier molecular flexibility index (Phi) is 8.12. The Morgan fingerprint density at radius 1 is 1.00 bits per heavy atom. The van der Waals surface area contributed by atoms with Gasteiger partial charge in [0.15, 0.2) is 6.61 Å². The van der Waals surface area contributed by atoms with E-state index in [0.29, 0.717) is 11.4 Å². The molecule has 3 aromatic rings. The third kappa shape index (κ3) is 6.71. The van der Waals surface area contributed by atoms with E-state index in [4.69, 9.17) is 9.47 Å². The van der Waals surface area contributed by atoms with Crippen LogP contribution in [-0.2, 0) is 21.4 Å². The first kappa shape index (κ1) is 25.0. The number of ether oxygens (including phenoxy) is 2. The van der Waals surface area contributed by atoms with Crippen LogP contribution in [0.4, 0.5) is 10.1 Å². The number of rotatable bonds is 10. The molecule has 0 heterocycles. The minimum absolute atomic E-state index is 0.142. The fourth-order valence-electron chi connectivity index (χ4n) is 3.30. The third-order valence-corrected chi connectivity index (χ3v) is 6.30. The number of halogens is 1. The van der Waals surface area contributed by atoms with E-state index in [1.54, 1.807) is 43.5 Å². The van der Waals surface area contributed by atoms with Crippen molar-refractivity contribution < 1.29 is 27.1 Å². The van der Waals surface area contributed by atoms with Crippen LogP contribution < -0.4 is 19.1 Å². The molecule has 9 heteroatoms. The lowest BCUT2D eigenvalue weighted by molar-refractivity contribution is -0.123. The molecule has 34 heavy (non-hydrogen) atoms. The number of methoxy groups -OCH3 is 1. The van der Waals surface area contributed by atoms with Crippen molar-refractivity contribution in [3.63, 3.8) is 0 Å². The Bertz CT molecular complexity index is 1210. The van der Waals surface area contributed by atoms with Crippen LogP contribution in [0.5, 0.6) is 11.5 Å². The molecule has 1 N–H and O–H groups in total. The number of hydrogen-bond acceptors (Lipinski definition) is 5. The highest BCUT2D eigenvalue weighted by molar-refractivity contribution is 7.92. The summed E-state index contributed by atoms with van der Waals surface area (Å²) in [6.07, 6.45) is 1.06. The predicted molar refractivity (Wildman–Crippen MR) is 129 cm³/mol. The van der Waals surface area contributed by atoms with Crippen molar-refractivity contribution in [2.75, 3.05) is 24.3 Å². The number of carbonyl (C=O) groups is 1. The zero-order valence-electron chi connectivity index (χ0n) is 19.2. The molecule has 0 fully saturated rings. The second-order valence-electron chi connectivity index (χ2n) is 7.71. The van der Waals surface area contributed by atoms with E-state index >= 15 is 0 Å². The number of benzene rings is 3. The van der Waals surface area contributed by atoms with E-state index in [1.807, 2.05) is 31.2 Å². The van der Waals surface area contributed by atoms with Crippen molar-refractivity contribution in [2.45, 2.75) is 19.5 Å². The van der Waals surface area contributed by atoms with Crippen molar-refractivity contribution in [1.82, 2.24) is 5.32 Å². The van der Waals surface area contributed by atoms with Crippen LogP contribution in [0, 0.1) is 5.82 Å². The summed E-state index contributed by atoms with van der Waals surface area (Å²) in [5, 5.41) is 2.86. The topological polar surface area (TPSA) is 84.9 Å². The van der Waals surface area contributed by atoms with E-state index in [-0.39, 0.29) is 30.7 Å². The molecule has 0 bridgehead atoms. The summed E-state index contributed by atoms with van der Waals surface area (Å²) in [6.45, 7) is 1.52. The highest BCUT2D eigenvalue weighted by Gasteiger charge is 2.19. The molecule has 0 saturated heterocycles. The fraction of sp³-hybridized carbons (Fsp3) is 0.240. The standard InChI is InChI=1S/C25H27FN2O5S/c1-18(19-8-12-22(32-2)13-9-19)27-25(29)17-33-23-14-10-21(11-15-23)28(34(3,30)31)16-20-6-4-5-7-24(20)26/h4-15,18H,16-17H2,1-3H3,(H,27,29)/t18-/m0/s1. The molecule has 1 amide bonds. The van der Waals surface area contributed by atoms with E-state index in [1.165, 1.54) is 12.1 Å². The maximum absolute atomic E-state index is 14.0. The first-order valence-electron chi connectivity index (χ1n) is 10.5. The van der Waals surface area contributed by atoms with Gasteiger partial charge in [-0.15, -0.1) is 0 Å². The molecule has 3 rings (SSSR count). The van der Waals surface area contributed by atoms with Crippen LogP contribution in [0.3, 0.4) is 0 Å². The number of nitrogens with one attached hydrogen (secondary N) is 1. The largest absolute Gasteiger partial charge is 0.497 e. The number of sulfonamides is 1. The SMILES string of the molecule is COc1ccc([C@H](C)NC(=O)COc2ccc(N(Cc3ccccc3F)S(C)(=O)=O)cc2)cc1. The average molecular weight is 487 g/mol. The van der Waals surface area contributed by atoms with Gasteiger partial charge >= 0.3 is 0 Å². The average Bonchev–Trinajstić information content (AvgIpc) is 2.82. The number of nitrogens with zero attached hydrogens (tertiary/aromatic N) is 1. The lowest BCUT2D eigenvalue weighted by Crippen LogP contribution is -2.31. The maximum Gasteiger partial charge on any atom is 0.258 e. The van der Waals surface area contributed by atoms with E-state index in [9.17, 15) is 17.6 Å². The quantitative estimate of drug-likeness (QED) is 0.467. The van der Waals surface area contributed by atoms with Crippen LogP contribution in [0.15, 0.2) is 72.8 Å². The van der Waals surface area contributed by atoms with Gasteiger partial charge in [0.1, 0.15) is 17.3 Å². The van der Waals surface area contributed by atoms with Crippen molar-refractivity contribution in [3.8, 4) is 11.5 Å². The summed E-state index contributed by atoms with van der Waals surface area (Å²) in [6, 6.07) is 19.4.